The predicted octanol–water partition coefficient (Wildman–Crippen LogP) is 2.75. The smallest absolute Gasteiger partial charge is 0.106 e. The lowest BCUT2D eigenvalue weighted by atomic mass is 10.0. The highest BCUT2D eigenvalue weighted by molar-refractivity contribution is 6.42. The fourth-order valence-corrected chi connectivity index (χ4v) is 2.43. The first-order chi connectivity index (χ1) is 8.61. The number of ether oxygens (including phenoxy) is 1. The van der Waals surface area contributed by atoms with Crippen molar-refractivity contribution in [3.05, 3.63) is 33.8 Å². The Labute approximate surface area is 117 Å². The molecule has 1 heterocycles. The molecule has 2 unspecified atom stereocenters. The lowest BCUT2D eigenvalue weighted by molar-refractivity contribution is -0.0888. The molecular formula is C13H17Cl2NO2. The van der Waals surface area contributed by atoms with E-state index in [4.69, 9.17) is 27.9 Å². The van der Waals surface area contributed by atoms with E-state index in [0.29, 0.717) is 16.7 Å². The maximum Gasteiger partial charge on any atom is 0.106 e. The molecule has 1 aliphatic rings. The van der Waals surface area contributed by atoms with Gasteiger partial charge in [0.25, 0.3) is 0 Å². The van der Waals surface area contributed by atoms with Crippen LogP contribution in [0.3, 0.4) is 0 Å². The molecule has 0 spiro atoms. The first kappa shape index (κ1) is 14.1. The molecule has 1 fully saturated rings. The number of halogens is 2. The number of hydrogen-bond acceptors (Lipinski definition) is 3. The molecule has 1 saturated heterocycles. The Morgan fingerprint density at radius 2 is 2.22 bits per heavy atom. The van der Waals surface area contributed by atoms with Crippen molar-refractivity contribution in [2.24, 2.45) is 0 Å². The third-order valence-electron chi connectivity index (χ3n) is 3.26. The molecule has 0 amide bonds. The van der Waals surface area contributed by atoms with Gasteiger partial charge in [-0.1, -0.05) is 36.2 Å². The highest BCUT2D eigenvalue weighted by Crippen LogP contribution is 2.28. The molecule has 0 aromatic heterocycles. The maximum absolute atomic E-state index is 10.3. The Hall–Kier alpha value is -0.320. The van der Waals surface area contributed by atoms with Crippen molar-refractivity contribution in [2.45, 2.75) is 19.1 Å². The van der Waals surface area contributed by atoms with Crippen molar-refractivity contribution < 1.29 is 9.84 Å². The van der Waals surface area contributed by atoms with E-state index in [9.17, 15) is 5.11 Å². The van der Waals surface area contributed by atoms with Crippen molar-refractivity contribution in [3.63, 3.8) is 0 Å². The molecule has 3 nitrogen and oxygen atoms in total. The molecule has 2 rings (SSSR count). The summed E-state index contributed by atoms with van der Waals surface area (Å²) in [6.45, 7) is 5.37. The molecule has 2 atom stereocenters. The van der Waals surface area contributed by atoms with E-state index in [0.717, 1.165) is 25.2 Å². The number of hydrogen-bond donors (Lipinski definition) is 1. The second-order valence-corrected chi connectivity index (χ2v) is 5.24. The second kappa shape index (κ2) is 6.22. The van der Waals surface area contributed by atoms with Crippen molar-refractivity contribution in [3.8, 4) is 0 Å². The van der Waals surface area contributed by atoms with Crippen LogP contribution in [0.5, 0.6) is 0 Å². The molecule has 1 aromatic rings. The molecule has 0 saturated carbocycles. The largest absolute Gasteiger partial charge is 0.386 e. The quantitative estimate of drug-likeness (QED) is 0.929. The third kappa shape index (κ3) is 3.16. The molecule has 18 heavy (non-hydrogen) atoms. The van der Waals surface area contributed by atoms with Crippen LogP contribution in [0, 0.1) is 0 Å². The van der Waals surface area contributed by atoms with Crippen molar-refractivity contribution in [2.75, 3.05) is 26.2 Å². The molecule has 1 aromatic carbocycles. The first-order valence-electron chi connectivity index (χ1n) is 6.08. The lowest BCUT2D eigenvalue weighted by Crippen LogP contribution is -2.44. The Kier molecular flexibility index (Phi) is 4.87. The number of nitrogens with zero attached hydrogens (tertiary/aromatic N) is 1. The number of likely N-dealkylation sites (N-methyl/N-ethyl adjacent to an activating group) is 1. The zero-order chi connectivity index (χ0) is 13.1. The standard InChI is InChI=1S/C13H17Cl2NO2/c1-2-16-5-6-18-12(8-16)13(17)9-3-4-10(14)11(15)7-9/h3-4,7,12-13,17H,2,5-6,8H2,1H3. The van der Waals surface area contributed by atoms with Crippen LogP contribution < -0.4 is 0 Å². The van der Waals surface area contributed by atoms with Crippen molar-refractivity contribution in [1.82, 2.24) is 4.90 Å². The molecule has 100 valence electrons. The normalized spacial score (nSPS) is 23.0. The molecule has 1 N–H and O–H groups in total. The van der Waals surface area contributed by atoms with E-state index >= 15 is 0 Å². The van der Waals surface area contributed by atoms with E-state index < -0.39 is 6.10 Å². The summed E-state index contributed by atoms with van der Waals surface area (Å²) in [6.07, 6.45) is -0.884. The van der Waals surface area contributed by atoms with Gasteiger partial charge >= 0.3 is 0 Å². The fourth-order valence-electron chi connectivity index (χ4n) is 2.12. The summed E-state index contributed by atoms with van der Waals surface area (Å²) < 4.78 is 5.63. The van der Waals surface area contributed by atoms with Crippen molar-refractivity contribution >= 4 is 23.2 Å². The van der Waals surface area contributed by atoms with Crippen molar-refractivity contribution in [1.29, 1.82) is 0 Å². The van der Waals surface area contributed by atoms with Gasteiger partial charge in [0.05, 0.1) is 16.7 Å². The topological polar surface area (TPSA) is 32.7 Å². The van der Waals surface area contributed by atoms with E-state index in [-0.39, 0.29) is 6.10 Å². The van der Waals surface area contributed by atoms with Gasteiger partial charge in [-0.15, -0.1) is 0 Å². The summed E-state index contributed by atoms with van der Waals surface area (Å²) >= 11 is 11.8. The van der Waals surface area contributed by atoms with Gasteiger partial charge in [-0.25, -0.2) is 0 Å². The molecule has 0 radical (unpaired) electrons. The average Bonchev–Trinajstić information content (AvgIpc) is 2.41. The molecular weight excluding hydrogens is 273 g/mol. The Morgan fingerprint density at radius 3 is 2.89 bits per heavy atom. The summed E-state index contributed by atoms with van der Waals surface area (Å²) in [4.78, 5) is 2.26. The van der Waals surface area contributed by atoms with E-state index in [2.05, 4.69) is 11.8 Å². The number of morpholine rings is 1. The highest BCUT2D eigenvalue weighted by atomic mass is 35.5. The predicted molar refractivity (Wildman–Crippen MR) is 73.3 cm³/mol. The summed E-state index contributed by atoms with van der Waals surface area (Å²) in [5, 5.41) is 11.3. The number of aliphatic hydroxyl groups is 1. The minimum Gasteiger partial charge on any atom is -0.386 e. The molecule has 0 bridgehead atoms. The van der Waals surface area contributed by atoms with E-state index in [1.807, 2.05) is 0 Å². The van der Waals surface area contributed by atoms with Crippen LogP contribution in [0.25, 0.3) is 0 Å². The van der Waals surface area contributed by atoms with Gasteiger partial charge in [0, 0.05) is 13.1 Å². The Morgan fingerprint density at radius 1 is 1.44 bits per heavy atom. The highest BCUT2D eigenvalue weighted by Gasteiger charge is 2.27. The van der Waals surface area contributed by atoms with Gasteiger partial charge in [0.15, 0.2) is 0 Å². The van der Waals surface area contributed by atoms with Crippen LogP contribution in [0.2, 0.25) is 10.0 Å². The summed E-state index contributed by atoms with van der Waals surface area (Å²) in [5.74, 6) is 0. The van der Waals surface area contributed by atoms with Crippen LogP contribution in [-0.4, -0.2) is 42.4 Å². The third-order valence-corrected chi connectivity index (χ3v) is 4.00. The molecule has 0 aliphatic carbocycles. The van der Waals surface area contributed by atoms with Crippen LogP contribution in [0.15, 0.2) is 18.2 Å². The summed E-state index contributed by atoms with van der Waals surface area (Å²) in [7, 11) is 0. The van der Waals surface area contributed by atoms with E-state index in [1.54, 1.807) is 18.2 Å². The SMILES string of the molecule is CCN1CCOC(C(O)c2ccc(Cl)c(Cl)c2)C1. The van der Waals surface area contributed by atoms with Gasteiger partial charge in [-0.05, 0) is 24.2 Å². The van der Waals surface area contributed by atoms with Crippen LogP contribution >= 0.6 is 23.2 Å². The number of aliphatic hydroxyl groups excluding tert-OH is 1. The zero-order valence-corrected chi connectivity index (χ0v) is 11.8. The van der Waals surface area contributed by atoms with Gasteiger partial charge in [-0.3, -0.25) is 4.90 Å². The van der Waals surface area contributed by atoms with Gasteiger partial charge in [0.1, 0.15) is 12.2 Å². The fraction of sp³-hybridized carbons (Fsp3) is 0.538. The zero-order valence-electron chi connectivity index (χ0n) is 10.3. The van der Waals surface area contributed by atoms with E-state index in [1.165, 1.54) is 0 Å². The van der Waals surface area contributed by atoms with Crippen LogP contribution in [-0.2, 0) is 4.74 Å². The lowest BCUT2D eigenvalue weighted by Gasteiger charge is -2.34. The monoisotopic (exact) mass is 289 g/mol. The first-order valence-corrected chi connectivity index (χ1v) is 6.84. The average molecular weight is 290 g/mol. The van der Waals surface area contributed by atoms with Crippen LogP contribution in [0.4, 0.5) is 0 Å². The number of rotatable bonds is 3. The summed E-state index contributed by atoms with van der Waals surface area (Å²) in [5.41, 5.74) is 0.743. The van der Waals surface area contributed by atoms with Gasteiger partial charge < -0.3 is 9.84 Å². The van der Waals surface area contributed by atoms with Gasteiger partial charge in [0.2, 0.25) is 0 Å². The number of benzene rings is 1. The van der Waals surface area contributed by atoms with Crippen LogP contribution in [0.1, 0.15) is 18.6 Å². The Bertz CT molecular complexity index is 414. The summed E-state index contributed by atoms with van der Waals surface area (Å²) in [6, 6.07) is 5.18. The maximum atomic E-state index is 10.3. The minimum atomic E-state index is -0.672. The second-order valence-electron chi connectivity index (χ2n) is 4.42. The Balaban J connectivity index is 2.10. The minimum absolute atomic E-state index is 0.212. The molecule has 1 aliphatic heterocycles. The molecule has 5 heteroatoms. The van der Waals surface area contributed by atoms with Gasteiger partial charge in [-0.2, -0.15) is 0 Å².